The maximum Gasteiger partial charge on any atom is 0.262 e. The van der Waals surface area contributed by atoms with Gasteiger partial charge in [0.25, 0.3) is 5.91 Å². The molecule has 3 aromatic rings. The van der Waals surface area contributed by atoms with E-state index in [1.807, 2.05) is 62.4 Å². The third kappa shape index (κ3) is 3.65. The molecule has 1 N–H and O–H groups in total. The molecule has 0 aromatic heterocycles. The Balaban J connectivity index is 1.93. The minimum atomic E-state index is -0.461. The lowest BCUT2D eigenvalue weighted by Gasteiger charge is -2.38. The summed E-state index contributed by atoms with van der Waals surface area (Å²) in [5.74, 6) is 1.50. The van der Waals surface area contributed by atoms with Crippen LogP contribution in [0.3, 0.4) is 0 Å². The number of hydrogen-bond acceptors (Lipinski definition) is 5. The number of amides is 1. The predicted octanol–water partition coefficient (Wildman–Crippen LogP) is 5.10. The number of anilines is 2. The molecule has 1 amide bonds. The van der Waals surface area contributed by atoms with Crippen LogP contribution in [0.1, 0.15) is 33.2 Å². The summed E-state index contributed by atoms with van der Waals surface area (Å²) in [5.41, 5.74) is 5.23. The normalized spacial score (nSPS) is 15.2. The fourth-order valence-corrected chi connectivity index (χ4v) is 4.10. The third-order valence-electron chi connectivity index (χ3n) is 5.41. The summed E-state index contributed by atoms with van der Waals surface area (Å²) in [4.78, 5) is 15.4. The number of carbonyl (C=O) groups excluding carboxylic acids is 1. The van der Waals surface area contributed by atoms with Crippen molar-refractivity contribution >= 4 is 17.3 Å². The Labute approximate surface area is 182 Å². The van der Waals surface area contributed by atoms with Crippen LogP contribution in [-0.4, -0.2) is 27.2 Å². The number of ether oxygens (including phenoxy) is 3. The van der Waals surface area contributed by atoms with Gasteiger partial charge >= 0.3 is 0 Å². The monoisotopic (exact) mass is 418 g/mol. The van der Waals surface area contributed by atoms with E-state index in [1.165, 1.54) is 0 Å². The van der Waals surface area contributed by atoms with Crippen LogP contribution in [-0.2, 0) is 0 Å². The van der Waals surface area contributed by atoms with Crippen LogP contribution in [0.2, 0.25) is 0 Å². The highest BCUT2D eigenvalue weighted by Gasteiger charge is 2.35. The number of aryl methyl sites for hydroxylation is 2. The number of nitrogens with one attached hydrogen (secondary N) is 1. The van der Waals surface area contributed by atoms with Crippen molar-refractivity contribution in [2.45, 2.75) is 20.0 Å². The molecule has 0 saturated heterocycles. The first-order valence-electron chi connectivity index (χ1n) is 10.0. The van der Waals surface area contributed by atoms with Gasteiger partial charge in [0.1, 0.15) is 6.17 Å². The molecule has 0 saturated carbocycles. The highest BCUT2D eigenvalue weighted by atomic mass is 16.5. The van der Waals surface area contributed by atoms with E-state index in [-0.39, 0.29) is 5.91 Å². The number of fused-ring (bicyclic) bond motifs is 1. The second-order valence-electron chi connectivity index (χ2n) is 7.57. The van der Waals surface area contributed by atoms with Crippen LogP contribution in [0.25, 0.3) is 0 Å². The number of nitrogens with zero attached hydrogens (tertiary/aromatic N) is 1. The first-order chi connectivity index (χ1) is 15.0. The summed E-state index contributed by atoms with van der Waals surface area (Å²) in [5, 5.41) is 3.52. The number of benzene rings is 3. The number of para-hydroxylation sites is 1. The molecule has 6 heteroatoms. The first-order valence-corrected chi connectivity index (χ1v) is 10.0. The number of rotatable bonds is 5. The zero-order valence-corrected chi connectivity index (χ0v) is 18.4. The fraction of sp³-hybridized carbons (Fsp3) is 0.240. The molecule has 1 heterocycles. The standard InChI is InChI=1S/C25H26N2O4/c1-15-10-16(2)12-18(11-15)27-24(26-20-9-7-6-8-19(20)25(27)28)17-13-21(29-3)23(31-5)22(14-17)30-4/h6-14,24,26H,1-5H3. The van der Waals surface area contributed by atoms with Crippen LogP contribution in [0.15, 0.2) is 54.6 Å². The van der Waals surface area contributed by atoms with Crippen LogP contribution < -0.4 is 24.4 Å². The third-order valence-corrected chi connectivity index (χ3v) is 5.41. The Hall–Kier alpha value is -3.67. The van der Waals surface area contributed by atoms with Crippen LogP contribution in [0.5, 0.6) is 17.2 Å². The lowest BCUT2D eigenvalue weighted by molar-refractivity contribution is 0.0975. The van der Waals surface area contributed by atoms with E-state index in [4.69, 9.17) is 14.2 Å². The molecule has 0 bridgehead atoms. The lowest BCUT2D eigenvalue weighted by Crippen LogP contribution is -2.43. The quantitative estimate of drug-likeness (QED) is 0.625. The fourth-order valence-electron chi connectivity index (χ4n) is 4.10. The SMILES string of the molecule is COc1cc(C2Nc3ccccc3C(=O)N2c2cc(C)cc(C)c2)cc(OC)c1OC. The van der Waals surface area contributed by atoms with Gasteiger partial charge in [-0.15, -0.1) is 0 Å². The summed E-state index contributed by atoms with van der Waals surface area (Å²) >= 11 is 0. The average molecular weight is 418 g/mol. The maximum absolute atomic E-state index is 13.7. The zero-order valence-electron chi connectivity index (χ0n) is 18.4. The highest BCUT2D eigenvalue weighted by Crippen LogP contribution is 2.43. The van der Waals surface area contributed by atoms with Crippen molar-refractivity contribution in [3.63, 3.8) is 0 Å². The second-order valence-corrected chi connectivity index (χ2v) is 7.57. The minimum Gasteiger partial charge on any atom is -0.493 e. The smallest absolute Gasteiger partial charge is 0.262 e. The van der Waals surface area contributed by atoms with E-state index in [0.717, 1.165) is 28.1 Å². The maximum atomic E-state index is 13.7. The number of hydrogen-bond donors (Lipinski definition) is 1. The predicted molar refractivity (Wildman–Crippen MR) is 122 cm³/mol. The van der Waals surface area contributed by atoms with E-state index in [0.29, 0.717) is 22.8 Å². The van der Waals surface area contributed by atoms with Crippen molar-refractivity contribution in [2.24, 2.45) is 0 Å². The van der Waals surface area contributed by atoms with E-state index < -0.39 is 6.17 Å². The molecule has 0 radical (unpaired) electrons. The zero-order chi connectivity index (χ0) is 22.1. The Morgan fingerprint density at radius 3 is 2.03 bits per heavy atom. The largest absolute Gasteiger partial charge is 0.493 e. The summed E-state index contributed by atoms with van der Waals surface area (Å²) in [7, 11) is 4.73. The second kappa shape index (κ2) is 8.22. The molecule has 0 spiro atoms. The molecule has 3 aromatic carbocycles. The van der Waals surface area contributed by atoms with E-state index in [9.17, 15) is 4.79 Å². The molecule has 1 atom stereocenters. The summed E-state index contributed by atoms with van der Waals surface area (Å²) in [6, 6.07) is 17.4. The van der Waals surface area contributed by atoms with Gasteiger partial charge in [-0.3, -0.25) is 9.69 Å². The van der Waals surface area contributed by atoms with E-state index >= 15 is 0 Å². The van der Waals surface area contributed by atoms with Gasteiger partial charge in [0.05, 0.1) is 26.9 Å². The topological polar surface area (TPSA) is 60.0 Å². The van der Waals surface area contributed by atoms with E-state index in [2.05, 4.69) is 11.4 Å². The van der Waals surface area contributed by atoms with Crippen molar-refractivity contribution in [3.8, 4) is 17.2 Å². The van der Waals surface area contributed by atoms with Crippen LogP contribution in [0, 0.1) is 13.8 Å². The molecule has 0 fully saturated rings. The van der Waals surface area contributed by atoms with Crippen molar-refractivity contribution in [1.29, 1.82) is 0 Å². The number of carbonyl (C=O) groups is 1. The molecule has 1 unspecified atom stereocenters. The van der Waals surface area contributed by atoms with Crippen molar-refractivity contribution in [2.75, 3.05) is 31.5 Å². The van der Waals surface area contributed by atoms with Gasteiger partial charge in [0.15, 0.2) is 11.5 Å². The Morgan fingerprint density at radius 2 is 1.45 bits per heavy atom. The summed E-state index contributed by atoms with van der Waals surface area (Å²) < 4.78 is 16.6. The Kier molecular flexibility index (Phi) is 5.46. The average Bonchev–Trinajstić information content (AvgIpc) is 2.77. The van der Waals surface area contributed by atoms with Crippen molar-refractivity contribution < 1.29 is 19.0 Å². The lowest BCUT2D eigenvalue weighted by atomic mass is 10.0. The summed E-state index contributed by atoms with van der Waals surface area (Å²) in [6.07, 6.45) is -0.461. The van der Waals surface area contributed by atoms with Crippen LogP contribution in [0.4, 0.5) is 11.4 Å². The molecule has 1 aliphatic rings. The molecule has 6 nitrogen and oxygen atoms in total. The minimum absolute atomic E-state index is 0.0712. The van der Waals surface area contributed by atoms with Gasteiger partial charge in [-0.25, -0.2) is 0 Å². The Morgan fingerprint density at radius 1 is 0.839 bits per heavy atom. The summed E-state index contributed by atoms with van der Waals surface area (Å²) in [6.45, 7) is 4.06. The number of methoxy groups -OCH3 is 3. The molecule has 1 aliphatic heterocycles. The van der Waals surface area contributed by atoms with Gasteiger partial charge in [0.2, 0.25) is 5.75 Å². The molecule has 0 aliphatic carbocycles. The molecule has 4 rings (SSSR count). The molecule has 31 heavy (non-hydrogen) atoms. The van der Waals surface area contributed by atoms with Crippen molar-refractivity contribution in [1.82, 2.24) is 0 Å². The highest BCUT2D eigenvalue weighted by molar-refractivity contribution is 6.12. The Bertz CT molecular complexity index is 1100. The van der Waals surface area contributed by atoms with Crippen LogP contribution >= 0.6 is 0 Å². The van der Waals surface area contributed by atoms with Crippen molar-refractivity contribution in [3.05, 3.63) is 76.9 Å². The molecular weight excluding hydrogens is 392 g/mol. The van der Waals surface area contributed by atoms with Gasteiger partial charge in [-0.1, -0.05) is 18.2 Å². The molecule has 160 valence electrons. The van der Waals surface area contributed by atoms with Gasteiger partial charge in [-0.05, 0) is 61.4 Å². The van der Waals surface area contributed by atoms with Gasteiger partial charge in [-0.2, -0.15) is 0 Å². The van der Waals surface area contributed by atoms with Gasteiger partial charge < -0.3 is 19.5 Å². The van der Waals surface area contributed by atoms with E-state index in [1.54, 1.807) is 26.2 Å². The first kappa shape index (κ1) is 20.6. The molecular formula is C25H26N2O4. The van der Waals surface area contributed by atoms with Gasteiger partial charge in [0, 0.05) is 16.9 Å².